The molecule has 1 atom stereocenters. The van der Waals surface area contributed by atoms with Crippen LogP contribution in [0.3, 0.4) is 0 Å². The van der Waals surface area contributed by atoms with Gasteiger partial charge in [0, 0.05) is 9.77 Å². The number of rotatable bonds is 3. The first kappa shape index (κ1) is 13.4. The summed E-state index contributed by atoms with van der Waals surface area (Å²) in [6.45, 7) is 6.58. The lowest BCUT2D eigenvalue weighted by atomic mass is 10.2. The van der Waals surface area contributed by atoms with Gasteiger partial charge < -0.3 is 0 Å². The standard InChI is InChI=1S/C13H16ClN3S/c1-13(2,3)18-12(17-9-15-8-16-17)10-4-6-11(14)7-5-10/h4-9,12H,1-3H3. The van der Waals surface area contributed by atoms with Crippen molar-refractivity contribution in [1.82, 2.24) is 14.8 Å². The molecule has 5 heteroatoms. The normalized spacial score (nSPS) is 13.6. The zero-order valence-electron chi connectivity index (χ0n) is 10.7. The Hall–Kier alpha value is -1.00. The highest BCUT2D eigenvalue weighted by Crippen LogP contribution is 2.38. The molecule has 18 heavy (non-hydrogen) atoms. The minimum atomic E-state index is 0.116. The summed E-state index contributed by atoms with van der Waals surface area (Å²) in [6, 6.07) is 7.88. The molecule has 0 amide bonds. The van der Waals surface area contributed by atoms with Crippen molar-refractivity contribution in [2.45, 2.75) is 30.9 Å². The molecule has 0 radical (unpaired) electrons. The van der Waals surface area contributed by atoms with Gasteiger partial charge in [-0.05, 0) is 17.7 Å². The van der Waals surface area contributed by atoms with Gasteiger partial charge in [-0.2, -0.15) is 5.10 Å². The highest BCUT2D eigenvalue weighted by molar-refractivity contribution is 8.00. The van der Waals surface area contributed by atoms with Crippen LogP contribution in [0, 0.1) is 0 Å². The summed E-state index contributed by atoms with van der Waals surface area (Å²) in [5, 5.41) is 5.11. The number of nitrogens with zero attached hydrogens (tertiary/aromatic N) is 3. The maximum atomic E-state index is 5.93. The molecule has 0 aliphatic rings. The molecule has 1 unspecified atom stereocenters. The minimum Gasteiger partial charge on any atom is -0.235 e. The zero-order chi connectivity index (χ0) is 13.2. The smallest absolute Gasteiger partial charge is 0.137 e. The van der Waals surface area contributed by atoms with Crippen LogP contribution in [0.5, 0.6) is 0 Å². The van der Waals surface area contributed by atoms with Gasteiger partial charge in [-0.15, -0.1) is 11.8 Å². The van der Waals surface area contributed by atoms with Gasteiger partial charge in [0.2, 0.25) is 0 Å². The van der Waals surface area contributed by atoms with Gasteiger partial charge in [-0.1, -0.05) is 44.5 Å². The number of halogens is 1. The fraction of sp³-hybridized carbons (Fsp3) is 0.385. The largest absolute Gasteiger partial charge is 0.235 e. The average molecular weight is 282 g/mol. The molecule has 0 bridgehead atoms. The summed E-state index contributed by atoms with van der Waals surface area (Å²) in [5.41, 5.74) is 1.17. The molecule has 0 aliphatic carbocycles. The third-order valence-electron chi connectivity index (χ3n) is 2.30. The Balaban J connectivity index is 2.33. The van der Waals surface area contributed by atoms with Crippen LogP contribution in [-0.4, -0.2) is 19.5 Å². The first-order valence-corrected chi connectivity index (χ1v) is 6.99. The zero-order valence-corrected chi connectivity index (χ0v) is 12.2. The van der Waals surface area contributed by atoms with Crippen molar-refractivity contribution in [3.05, 3.63) is 47.5 Å². The number of thioether (sulfide) groups is 1. The Bertz CT molecular complexity index is 488. The highest BCUT2D eigenvalue weighted by Gasteiger charge is 2.22. The van der Waals surface area contributed by atoms with Gasteiger partial charge >= 0.3 is 0 Å². The number of hydrogen-bond acceptors (Lipinski definition) is 3. The van der Waals surface area contributed by atoms with Crippen LogP contribution < -0.4 is 0 Å². The lowest BCUT2D eigenvalue weighted by molar-refractivity contribution is 0.655. The first-order valence-electron chi connectivity index (χ1n) is 5.73. The molecule has 2 rings (SSSR count). The average Bonchev–Trinajstić information content (AvgIpc) is 2.79. The summed E-state index contributed by atoms with van der Waals surface area (Å²) >= 11 is 7.77. The maximum absolute atomic E-state index is 5.93. The van der Waals surface area contributed by atoms with Crippen molar-refractivity contribution in [1.29, 1.82) is 0 Å². The van der Waals surface area contributed by atoms with E-state index in [1.165, 1.54) is 5.56 Å². The van der Waals surface area contributed by atoms with E-state index in [0.717, 1.165) is 5.02 Å². The lowest BCUT2D eigenvalue weighted by Gasteiger charge is -2.26. The second-order valence-corrected chi connectivity index (χ2v) is 7.35. The fourth-order valence-electron chi connectivity index (χ4n) is 1.58. The van der Waals surface area contributed by atoms with E-state index < -0.39 is 0 Å². The molecular weight excluding hydrogens is 266 g/mol. The van der Waals surface area contributed by atoms with E-state index in [9.17, 15) is 0 Å². The molecule has 0 saturated heterocycles. The number of hydrogen-bond donors (Lipinski definition) is 0. The maximum Gasteiger partial charge on any atom is 0.137 e. The van der Waals surface area contributed by atoms with E-state index in [0.29, 0.717) is 0 Å². The van der Waals surface area contributed by atoms with E-state index in [-0.39, 0.29) is 10.1 Å². The molecule has 0 fully saturated rings. The molecular formula is C13H16ClN3S. The third kappa shape index (κ3) is 3.50. The van der Waals surface area contributed by atoms with Gasteiger partial charge in [0.1, 0.15) is 18.0 Å². The van der Waals surface area contributed by atoms with E-state index in [1.54, 1.807) is 12.7 Å². The fourth-order valence-corrected chi connectivity index (χ4v) is 2.88. The lowest BCUT2D eigenvalue weighted by Crippen LogP contribution is -2.17. The Kier molecular flexibility index (Phi) is 3.97. The molecule has 1 aromatic carbocycles. The topological polar surface area (TPSA) is 30.7 Å². The van der Waals surface area contributed by atoms with Crippen molar-refractivity contribution < 1.29 is 0 Å². The Labute approximate surface area is 117 Å². The Morgan fingerprint density at radius 2 is 1.89 bits per heavy atom. The summed E-state index contributed by atoms with van der Waals surface area (Å²) in [5.74, 6) is 0. The summed E-state index contributed by atoms with van der Waals surface area (Å²) in [7, 11) is 0. The van der Waals surface area contributed by atoms with Crippen LogP contribution in [-0.2, 0) is 0 Å². The number of benzene rings is 1. The summed E-state index contributed by atoms with van der Waals surface area (Å²) < 4.78 is 2.01. The Morgan fingerprint density at radius 3 is 2.39 bits per heavy atom. The second kappa shape index (κ2) is 5.33. The van der Waals surface area contributed by atoms with Gasteiger partial charge in [0.15, 0.2) is 0 Å². The first-order chi connectivity index (χ1) is 8.46. The second-order valence-electron chi connectivity index (χ2n) is 5.01. The third-order valence-corrected chi connectivity index (χ3v) is 3.97. The SMILES string of the molecule is CC(C)(C)SC(c1ccc(Cl)cc1)n1cncn1. The van der Waals surface area contributed by atoms with Gasteiger partial charge in [-0.3, -0.25) is 0 Å². The molecule has 0 N–H and O–H groups in total. The molecule has 0 aliphatic heterocycles. The van der Waals surface area contributed by atoms with E-state index in [1.807, 2.05) is 40.7 Å². The molecule has 1 aromatic heterocycles. The van der Waals surface area contributed by atoms with Crippen LogP contribution in [0.1, 0.15) is 31.7 Å². The Morgan fingerprint density at radius 1 is 1.22 bits per heavy atom. The van der Waals surface area contributed by atoms with Crippen molar-refractivity contribution in [3.63, 3.8) is 0 Å². The summed E-state index contributed by atoms with van der Waals surface area (Å²) in [6.07, 6.45) is 3.31. The predicted molar refractivity (Wildman–Crippen MR) is 77.0 cm³/mol. The molecule has 1 heterocycles. The molecule has 96 valence electrons. The van der Waals surface area contributed by atoms with Crippen LogP contribution in [0.4, 0.5) is 0 Å². The number of aromatic nitrogens is 3. The van der Waals surface area contributed by atoms with E-state index in [2.05, 4.69) is 30.9 Å². The highest BCUT2D eigenvalue weighted by atomic mass is 35.5. The van der Waals surface area contributed by atoms with E-state index >= 15 is 0 Å². The van der Waals surface area contributed by atoms with Crippen molar-refractivity contribution in [2.24, 2.45) is 0 Å². The van der Waals surface area contributed by atoms with Gasteiger partial charge in [0.05, 0.1) is 0 Å². The van der Waals surface area contributed by atoms with Crippen molar-refractivity contribution >= 4 is 23.4 Å². The molecule has 3 nitrogen and oxygen atoms in total. The monoisotopic (exact) mass is 281 g/mol. The van der Waals surface area contributed by atoms with Crippen LogP contribution >= 0.6 is 23.4 Å². The summed E-state index contributed by atoms with van der Waals surface area (Å²) in [4.78, 5) is 4.03. The van der Waals surface area contributed by atoms with Crippen molar-refractivity contribution in [2.75, 3.05) is 0 Å². The van der Waals surface area contributed by atoms with Crippen molar-refractivity contribution in [3.8, 4) is 0 Å². The molecule has 2 aromatic rings. The molecule has 0 saturated carbocycles. The minimum absolute atomic E-state index is 0.116. The van der Waals surface area contributed by atoms with Crippen LogP contribution in [0.15, 0.2) is 36.9 Å². The van der Waals surface area contributed by atoms with Gasteiger partial charge in [0.25, 0.3) is 0 Å². The quantitative estimate of drug-likeness (QED) is 0.852. The molecule has 0 spiro atoms. The van der Waals surface area contributed by atoms with Gasteiger partial charge in [-0.25, -0.2) is 9.67 Å². The predicted octanol–water partition coefficient (Wildman–Crippen LogP) is 4.01. The van der Waals surface area contributed by atoms with E-state index in [4.69, 9.17) is 11.6 Å². The van der Waals surface area contributed by atoms with Crippen LogP contribution in [0.25, 0.3) is 0 Å². The van der Waals surface area contributed by atoms with Crippen LogP contribution in [0.2, 0.25) is 5.02 Å².